The van der Waals surface area contributed by atoms with Gasteiger partial charge in [-0.1, -0.05) is 32.0 Å². The van der Waals surface area contributed by atoms with Crippen molar-refractivity contribution < 1.29 is 14.3 Å². The van der Waals surface area contributed by atoms with Gasteiger partial charge in [0.15, 0.2) is 6.61 Å². The zero-order valence-corrected chi connectivity index (χ0v) is 15.9. The fourth-order valence-electron chi connectivity index (χ4n) is 2.77. The zero-order valence-electron chi connectivity index (χ0n) is 15.9. The largest absolute Gasteiger partial charge is 0.484 e. The summed E-state index contributed by atoms with van der Waals surface area (Å²) in [5.41, 5.74) is 0. The highest BCUT2D eigenvalue weighted by Gasteiger charge is 2.22. The molecule has 0 atom stereocenters. The number of amides is 1. The number of carbonyl (C=O) groups is 1. The molecule has 0 N–H and O–H groups in total. The van der Waals surface area contributed by atoms with Crippen molar-refractivity contribution in [2.24, 2.45) is 5.92 Å². The predicted molar refractivity (Wildman–Crippen MR) is 103 cm³/mol. The number of nitrogens with zero attached hydrogens (tertiary/aromatic N) is 4. The number of anilines is 1. The SMILES string of the molecule is CC(C)COc1cc(N2CCN(C(=O)COc3ccccc3)CC2)ncn1. The third kappa shape index (κ3) is 5.57. The number of carbonyl (C=O) groups excluding carboxylic acids is 1. The molecule has 2 aromatic rings. The summed E-state index contributed by atoms with van der Waals surface area (Å²) in [6, 6.07) is 11.2. The summed E-state index contributed by atoms with van der Waals surface area (Å²) in [6.45, 7) is 7.60. The molecule has 3 rings (SSSR count). The molecule has 0 unspecified atom stereocenters. The molecule has 27 heavy (non-hydrogen) atoms. The van der Waals surface area contributed by atoms with Crippen LogP contribution >= 0.6 is 0 Å². The molecule has 7 heteroatoms. The number of para-hydroxylation sites is 1. The molecule has 2 heterocycles. The van der Waals surface area contributed by atoms with E-state index in [1.54, 1.807) is 0 Å². The molecular formula is C20H26N4O3. The van der Waals surface area contributed by atoms with Crippen molar-refractivity contribution in [2.75, 3.05) is 44.3 Å². The van der Waals surface area contributed by atoms with Crippen molar-refractivity contribution in [1.82, 2.24) is 14.9 Å². The molecule has 0 spiro atoms. The van der Waals surface area contributed by atoms with Gasteiger partial charge in [0.25, 0.3) is 5.91 Å². The first-order chi connectivity index (χ1) is 13.1. The maximum atomic E-state index is 12.4. The second-order valence-electron chi connectivity index (χ2n) is 6.89. The monoisotopic (exact) mass is 370 g/mol. The number of piperazine rings is 1. The van der Waals surface area contributed by atoms with Gasteiger partial charge in [-0.3, -0.25) is 4.79 Å². The highest BCUT2D eigenvalue weighted by Crippen LogP contribution is 2.18. The lowest BCUT2D eigenvalue weighted by atomic mass is 10.2. The van der Waals surface area contributed by atoms with Gasteiger partial charge in [-0.05, 0) is 18.1 Å². The number of rotatable bonds is 7. The first-order valence-electron chi connectivity index (χ1n) is 9.27. The third-order valence-corrected chi connectivity index (χ3v) is 4.25. The first kappa shape index (κ1) is 18.9. The van der Waals surface area contributed by atoms with Gasteiger partial charge in [-0.25, -0.2) is 9.97 Å². The lowest BCUT2D eigenvalue weighted by Crippen LogP contribution is -2.50. The Bertz CT molecular complexity index is 731. The Morgan fingerprint density at radius 1 is 1.07 bits per heavy atom. The molecule has 0 saturated carbocycles. The Balaban J connectivity index is 1.48. The maximum absolute atomic E-state index is 12.4. The summed E-state index contributed by atoms with van der Waals surface area (Å²) in [4.78, 5) is 24.8. The molecule has 7 nitrogen and oxygen atoms in total. The number of ether oxygens (including phenoxy) is 2. The highest BCUT2D eigenvalue weighted by molar-refractivity contribution is 5.78. The van der Waals surface area contributed by atoms with E-state index >= 15 is 0 Å². The van der Waals surface area contributed by atoms with Crippen LogP contribution in [-0.2, 0) is 4.79 Å². The Kier molecular flexibility index (Phi) is 6.46. The van der Waals surface area contributed by atoms with Crippen LogP contribution < -0.4 is 14.4 Å². The van der Waals surface area contributed by atoms with Crippen molar-refractivity contribution in [1.29, 1.82) is 0 Å². The van der Waals surface area contributed by atoms with Gasteiger partial charge in [0.2, 0.25) is 5.88 Å². The second-order valence-corrected chi connectivity index (χ2v) is 6.89. The lowest BCUT2D eigenvalue weighted by molar-refractivity contribution is -0.133. The van der Waals surface area contributed by atoms with Crippen LogP contribution in [0.4, 0.5) is 5.82 Å². The van der Waals surface area contributed by atoms with E-state index in [4.69, 9.17) is 9.47 Å². The molecule has 1 aliphatic heterocycles. The van der Waals surface area contributed by atoms with Crippen molar-refractivity contribution >= 4 is 11.7 Å². The second kappa shape index (κ2) is 9.21. The Morgan fingerprint density at radius 3 is 2.52 bits per heavy atom. The third-order valence-electron chi connectivity index (χ3n) is 4.25. The molecule has 1 aromatic carbocycles. The summed E-state index contributed by atoms with van der Waals surface area (Å²) in [6.07, 6.45) is 1.52. The van der Waals surface area contributed by atoms with Gasteiger partial charge in [0, 0.05) is 32.2 Å². The van der Waals surface area contributed by atoms with Gasteiger partial charge >= 0.3 is 0 Å². The van der Waals surface area contributed by atoms with E-state index in [0.29, 0.717) is 37.2 Å². The number of aromatic nitrogens is 2. The molecule has 1 aliphatic rings. The molecule has 0 aliphatic carbocycles. The highest BCUT2D eigenvalue weighted by atomic mass is 16.5. The van der Waals surface area contributed by atoms with Crippen molar-refractivity contribution in [3.8, 4) is 11.6 Å². The van der Waals surface area contributed by atoms with Gasteiger partial charge in [-0.15, -0.1) is 0 Å². The van der Waals surface area contributed by atoms with E-state index in [1.807, 2.05) is 41.3 Å². The van der Waals surface area contributed by atoms with E-state index in [-0.39, 0.29) is 12.5 Å². The fraction of sp³-hybridized carbons (Fsp3) is 0.450. The van der Waals surface area contributed by atoms with Gasteiger partial charge in [0.05, 0.1) is 6.61 Å². The lowest BCUT2D eigenvalue weighted by Gasteiger charge is -2.35. The minimum atomic E-state index is 0.00199. The molecule has 1 fully saturated rings. The molecule has 144 valence electrons. The summed E-state index contributed by atoms with van der Waals surface area (Å²) < 4.78 is 11.2. The molecule has 0 radical (unpaired) electrons. The van der Waals surface area contributed by atoms with Crippen LogP contribution in [0.3, 0.4) is 0 Å². The average Bonchev–Trinajstić information content (AvgIpc) is 2.71. The number of hydrogen-bond donors (Lipinski definition) is 0. The van der Waals surface area contributed by atoms with Gasteiger partial charge < -0.3 is 19.3 Å². The van der Waals surface area contributed by atoms with Gasteiger partial charge in [0.1, 0.15) is 17.9 Å². The summed E-state index contributed by atoms with van der Waals surface area (Å²) in [5, 5.41) is 0. The smallest absolute Gasteiger partial charge is 0.260 e. The zero-order chi connectivity index (χ0) is 19.1. The molecule has 1 aromatic heterocycles. The summed E-state index contributed by atoms with van der Waals surface area (Å²) >= 11 is 0. The van der Waals surface area contributed by atoms with Crippen LogP contribution in [0.15, 0.2) is 42.7 Å². The molecule has 1 saturated heterocycles. The minimum Gasteiger partial charge on any atom is -0.484 e. The van der Waals surface area contributed by atoms with Crippen LogP contribution in [0.1, 0.15) is 13.8 Å². The molecule has 1 amide bonds. The van der Waals surface area contributed by atoms with E-state index in [2.05, 4.69) is 28.7 Å². The van der Waals surface area contributed by atoms with Crippen molar-refractivity contribution in [3.05, 3.63) is 42.7 Å². The minimum absolute atomic E-state index is 0.00199. The van der Waals surface area contributed by atoms with Crippen molar-refractivity contribution in [3.63, 3.8) is 0 Å². The number of benzene rings is 1. The molecular weight excluding hydrogens is 344 g/mol. The first-order valence-corrected chi connectivity index (χ1v) is 9.27. The normalized spacial score (nSPS) is 14.3. The van der Waals surface area contributed by atoms with Gasteiger partial charge in [-0.2, -0.15) is 0 Å². The Labute approximate surface area is 159 Å². The van der Waals surface area contributed by atoms with E-state index in [0.717, 1.165) is 18.9 Å². The predicted octanol–water partition coefficient (Wildman–Crippen LogP) is 2.24. The average molecular weight is 370 g/mol. The van der Waals surface area contributed by atoms with Crippen LogP contribution in [0.25, 0.3) is 0 Å². The van der Waals surface area contributed by atoms with E-state index in [1.165, 1.54) is 6.33 Å². The van der Waals surface area contributed by atoms with Crippen molar-refractivity contribution in [2.45, 2.75) is 13.8 Å². The van der Waals surface area contributed by atoms with Crippen LogP contribution in [-0.4, -0.2) is 60.2 Å². The molecule has 0 bridgehead atoms. The topological polar surface area (TPSA) is 67.8 Å². The quantitative estimate of drug-likeness (QED) is 0.745. The standard InChI is InChI=1S/C20H26N4O3/c1-16(2)13-27-19-12-18(21-15-22-19)23-8-10-24(11-9-23)20(25)14-26-17-6-4-3-5-7-17/h3-7,12,15-16H,8-11,13-14H2,1-2H3. The Hall–Kier alpha value is -2.83. The summed E-state index contributed by atoms with van der Waals surface area (Å²) in [5.74, 6) is 2.57. The maximum Gasteiger partial charge on any atom is 0.260 e. The Morgan fingerprint density at radius 2 is 1.81 bits per heavy atom. The van der Waals surface area contributed by atoms with Crippen LogP contribution in [0, 0.1) is 5.92 Å². The summed E-state index contributed by atoms with van der Waals surface area (Å²) in [7, 11) is 0. The van der Waals surface area contributed by atoms with E-state index < -0.39 is 0 Å². The van der Waals surface area contributed by atoms with E-state index in [9.17, 15) is 4.79 Å². The number of hydrogen-bond acceptors (Lipinski definition) is 6. The van der Waals surface area contributed by atoms with Crippen LogP contribution in [0.5, 0.6) is 11.6 Å². The fourth-order valence-corrected chi connectivity index (χ4v) is 2.77. The van der Waals surface area contributed by atoms with Crippen LogP contribution in [0.2, 0.25) is 0 Å².